The summed E-state index contributed by atoms with van der Waals surface area (Å²) in [6.45, 7) is 3.12. The van der Waals surface area contributed by atoms with Crippen molar-refractivity contribution >= 4 is 0 Å². The van der Waals surface area contributed by atoms with Crippen LogP contribution in [0.2, 0.25) is 0 Å². The first-order valence-electron chi connectivity index (χ1n) is 8.80. The van der Waals surface area contributed by atoms with Crippen molar-refractivity contribution in [3.63, 3.8) is 0 Å². The lowest BCUT2D eigenvalue weighted by Crippen LogP contribution is -2.03. The largest absolute Gasteiger partial charge is 0.253 e. The second kappa shape index (κ2) is 8.39. The SMILES string of the molecule is CCCCCCCn1nc(-c2ccccc2)nc1-c1ccccn1. The Balaban J connectivity index is 1.83. The predicted molar refractivity (Wildman–Crippen MR) is 97.4 cm³/mol. The van der Waals surface area contributed by atoms with Gasteiger partial charge in [0.15, 0.2) is 11.6 Å². The van der Waals surface area contributed by atoms with E-state index in [0.29, 0.717) is 0 Å². The molecular weight excluding hydrogens is 296 g/mol. The molecule has 4 heteroatoms. The third-order valence-electron chi connectivity index (χ3n) is 4.07. The number of hydrogen-bond donors (Lipinski definition) is 0. The molecule has 0 aliphatic carbocycles. The first kappa shape index (κ1) is 16.4. The zero-order valence-corrected chi connectivity index (χ0v) is 14.2. The van der Waals surface area contributed by atoms with E-state index in [1.54, 1.807) is 6.20 Å². The highest BCUT2D eigenvalue weighted by molar-refractivity contribution is 5.59. The Morgan fingerprint density at radius 1 is 0.875 bits per heavy atom. The first-order valence-corrected chi connectivity index (χ1v) is 8.80. The van der Waals surface area contributed by atoms with Gasteiger partial charge >= 0.3 is 0 Å². The number of rotatable bonds is 8. The molecule has 2 heterocycles. The first-order chi connectivity index (χ1) is 11.9. The zero-order chi connectivity index (χ0) is 16.6. The Hall–Kier alpha value is -2.49. The van der Waals surface area contributed by atoms with E-state index in [9.17, 15) is 0 Å². The van der Waals surface area contributed by atoms with E-state index in [0.717, 1.165) is 35.9 Å². The van der Waals surface area contributed by atoms with Crippen LogP contribution in [0.5, 0.6) is 0 Å². The van der Waals surface area contributed by atoms with Gasteiger partial charge in [0.1, 0.15) is 5.69 Å². The van der Waals surface area contributed by atoms with Crippen LogP contribution in [0.3, 0.4) is 0 Å². The molecule has 0 spiro atoms. The van der Waals surface area contributed by atoms with Gasteiger partial charge in [-0.3, -0.25) is 4.98 Å². The Bertz CT molecular complexity index is 735. The lowest BCUT2D eigenvalue weighted by atomic mass is 10.1. The molecule has 0 atom stereocenters. The molecule has 0 bridgehead atoms. The lowest BCUT2D eigenvalue weighted by molar-refractivity contribution is 0.536. The van der Waals surface area contributed by atoms with Crippen molar-refractivity contribution in [3.8, 4) is 22.9 Å². The Labute approximate surface area is 143 Å². The fourth-order valence-corrected chi connectivity index (χ4v) is 2.76. The summed E-state index contributed by atoms with van der Waals surface area (Å²) in [4.78, 5) is 9.21. The monoisotopic (exact) mass is 320 g/mol. The number of nitrogens with zero attached hydrogens (tertiary/aromatic N) is 4. The van der Waals surface area contributed by atoms with Crippen LogP contribution in [-0.4, -0.2) is 19.7 Å². The molecule has 3 rings (SSSR count). The summed E-state index contributed by atoms with van der Waals surface area (Å²) >= 11 is 0. The van der Waals surface area contributed by atoms with Gasteiger partial charge < -0.3 is 0 Å². The normalized spacial score (nSPS) is 10.9. The fourth-order valence-electron chi connectivity index (χ4n) is 2.76. The third kappa shape index (κ3) is 4.07. The quantitative estimate of drug-likeness (QED) is 0.550. The number of benzene rings is 1. The maximum Gasteiger partial charge on any atom is 0.181 e. The predicted octanol–water partition coefficient (Wildman–Crippen LogP) is 4.98. The van der Waals surface area contributed by atoms with Crippen LogP contribution in [-0.2, 0) is 6.54 Å². The highest BCUT2D eigenvalue weighted by Gasteiger charge is 2.13. The van der Waals surface area contributed by atoms with Crippen molar-refractivity contribution in [3.05, 3.63) is 54.7 Å². The molecule has 1 aromatic carbocycles. The number of aryl methyl sites for hydroxylation is 1. The summed E-state index contributed by atoms with van der Waals surface area (Å²) < 4.78 is 2.01. The highest BCUT2D eigenvalue weighted by Crippen LogP contribution is 2.21. The number of aromatic nitrogens is 4. The topological polar surface area (TPSA) is 43.6 Å². The second-order valence-corrected chi connectivity index (χ2v) is 5.98. The summed E-state index contributed by atoms with van der Waals surface area (Å²) in [6.07, 6.45) is 8.02. The molecule has 3 aromatic rings. The van der Waals surface area contributed by atoms with Crippen molar-refractivity contribution < 1.29 is 0 Å². The van der Waals surface area contributed by atoms with E-state index in [4.69, 9.17) is 10.1 Å². The number of pyridine rings is 1. The molecule has 124 valence electrons. The molecule has 0 amide bonds. The standard InChI is InChI=1S/C20H24N4/c1-2-3-4-5-11-16-24-20(18-14-9-10-15-21-18)22-19(23-24)17-12-7-6-8-13-17/h6-10,12-15H,2-5,11,16H2,1H3. The Kier molecular flexibility index (Phi) is 5.72. The van der Waals surface area contributed by atoms with Crippen molar-refractivity contribution in [1.29, 1.82) is 0 Å². The Morgan fingerprint density at radius 2 is 1.67 bits per heavy atom. The number of unbranched alkanes of at least 4 members (excludes halogenated alkanes) is 4. The van der Waals surface area contributed by atoms with Crippen LogP contribution in [0, 0.1) is 0 Å². The number of hydrogen-bond acceptors (Lipinski definition) is 3. The van der Waals surface area contributed by atoms with Gasteiger partial charge in [-0.2, -0.15) is 5.10 Å². The molecule has 24 heavy (non-hydrogen) atoms. The van der Waals surface area contributed by atoms with Crippen molar-refractivity contribution in [2.45, 2.75) is 45.6 Å². The lowest BCUT2D eigenvalue weighted by Gasteiger charge is -2.05. The van der Waals surface area contributed by atoms with Crippen LogP contribution in [0.25, 0.3) is 22.9 Å². The summed E-state index contributed by atoms with van der Waals surface area (Å²) in [7, 11) is 0. The van der Waals surface area contributed by atoms with Gasteiger partial charge in [0.25, 0.3) is 0 Å². The maximum atomic E-state index is 4.76. The van der Waals surface area contributed by atoms with Crippen molar-refractivity contribution in [2.24, 2.45) is 0 Å². The molecule has 0 N–H and O–H groups in total. The summed E-state index contributed by atoms with van der Waals surface area (Å²) in [5.41, 5.74) is 1.92. The molecule has 4 nitrogen and oxygen atoms in total. The minimum absolute atomic E-state index is 0.768. The van der Waals surface area contributed by atoms with Gasteiger partial charge in [-0.05, 0) is 18.6 Å². The molecule has 0 aliphatic heterocycles. The molecule has 0 saturated heterocycles. The van der Waals surface area contributed by atoms with Gasteiger partial charge in [0.05, 0.1) is 0 Å². The summed E-state index contributed by atoms with van der Waals surface area (Å²) in [5, 5.41) is 4.74. The van der Waals surface area contributed by atoms with E-state index in [1.165, 1.54) is 25.7 Å². The average Bonchev–Trinajstić information content (AvgIpc) is 3.07. The van der Waals surface area contributed by atoms with Gasteiger partial charge in [-0.25, -0.2) is 9.67 Å². The van der Waals surface area contributed by atoms with Crippen LogP contribution in [0.4, 0.5) is 0 Å². The minimum Gasteiger partial charge on any atom is -0.253 e. The molecule has 0 fully saturated rings. The highest BCUT2D eigenvalue weighted by atomic mass is 15.3. The van der Waals surface area contributed by atoms with Gasteiger partial charge in [0.2, 0.25) is 0 Å². The fraction of sp³-hybridized carbons (Fsp3) is 0.350. The van der Waals surface area contributed by atoms with E-state index < -0.39 is 0 Å². The molecular formula is C20H24N4. The van der Waals surface area contributed by atoms with Gasteiger partial charge in [0, 0.05) is 18.3 Å². The van der Waals surface area contributed by atoms with Gasteiger partial charge in [-0.15, -0.1) is 0 Å². The van der Waals surface area contributed by atoms with E-state index >= 15 is 0 Å². The maximum absolute atomic E-state index is 4.76. The van der Waals surface area contributed by atoms with Crippen LogP contribution >= 0.6 is 0 Å². The van der Waals surface area contributed by atoms with E-state index in [2.05, 4.69) is 11.9 Å². The second-order valence-electron chi connectivity index (χ2n) is 5.98. The molecule has 0 saturated carbocycles. The third-order valence-corrected chi connectivity index (χ3v) is 4.07. The van der Waals surface area contributed by atoms with Crippen molar-refractivity contribution in [1.82, 2.24) is 19.7 Å². The van der Waals surface area contributed by atoms with E-state index in [-0.39, 0.29) is 0 Å². The molecule has 2 aromatic heterocycles. The zero-order valence-electron chi connectivity index (χ0n) is 14.2. The van der Waals surface area contributed by atoms with Crippen LogP contribution < -0.4 is 0 Å². The molecule has 0 aliphatic rings. The Morgan fingerprint density at radius 3 is 2.42 bits per heavy atom. The smallest absolute Gasteiger partial charge is 0.181 e. The summed E-state index contributed by atoms with van der Waals surface area (Å²) in [5.74, 6) is 1.62. The molecule has 0 unspecified atom stereocenters. The van der Waals surface area contributed by atoms with Gasteiger partial charge in [-0.1, -0.05) is 69.0 Å². The molecule has 0 radical (unpaired) electrons. The summed E-state index contributed by atoms with van der Waals surface area (Å²) in [6, 6.07) is 16.0. The van der Waals surface area contributed by atoms with Crippen molar-refractivity contribution in [2.75, 3.05) is 0 Å². The van der Waals surface area contributed by atoms with E-state index in [1.807, 2.05) is 53.2 Å². The minimum atomic E-state index is 0.768. The van der Waals surface area contributed by atoms with Crippen LogP contribution in [0.1, 0.15) is 39.0 Å². The average molecular weight is 320 g/mol. The van der Waals surface area contributed by atoms with Crippen LogP contribution in [0.15, 0.2) is 54.7 Å².